The van der Waals surface area contributed by atoms with Gasteiger partial charge in [-0.15, -0.1) is 0 Å². The molecule has 2 aliphatic rings. The number of nitrogens with two attached hydrogens (primary N) is 1. The summed E-state index contributed by atoms with van der Waals surface area (Å²) in [4.78, 5) is 30.7. The SMILES string of the molecule is Nc1ccc2c(C=C3Oc4c(ccc(O)c4CN4CCN(C(=O)O)CC4)C3=O)c[nH]c2c1. The minimum absolute atomic E-state index is 0.0426. The number of rotatable bonds is 3. The average Bonchev–Trinajstić information content (AvgIpc) is 3.31. The monoisotopic (exact) mass is 434 g/mol. The van der Waals surface area contributed by atoms with Gasteiger partial charge in [0.05, 0.1) is 11.1 Å². The lowest BCUT2D eigenvalue weighted by Gasteiger charge is -2.33. The Kier molecular flexibility index (Phi) is 4.75. The minimum atomic E-state index is -0.934. The van der Waals surface area contributed by atoms with Gasteiger partial charge in [0.15, 0.2) is 5.76 Å². The zero-order valence-corrected chi connectivity index (χ0v) is 17.2. The Bertz CT molecular complexity index is 1270. The molecule has 164 valence electrons. The summed E-state index contributed by atoms with van der Waals surface area (Å²) in [6.07, 6.45) is 2.54. The summed E-state index contributed by atoms with van der Waals surface area (Å²) < 4.78 is 5.96. The number of phenolic OH excluding ortho intramolecular Hbond substituents is 1. The third-order valence-electron chi connectivity index (χ3n) is 5.97. The number of hydrogen-bond acceptors (Lipinski definition) is 6. The number of piperazine rings is 1. The lowest BCUT2D eigenvalue weighted by atomic mass is 10.0. The molecule has 5 N–H and O–H groups in total. The van der Waals surface area contributed by atoms with Gasteiger partial charge in [-0.2, -0.15) is 0 Å². The number of aromatic amines is 1. The van der Waals surface area contributed by atoms with Gasteiger partial charge < -0.3 is 30.6 Å². The number of benzene rings is 2. The third kappa shape index (κ3) is 3.42. The van der Waals surface area contributed by atoms with Gasteiger partial charge in [0.2, 0.25) is 5.78 Å². The van der Waals surface area contributed by atoms with Gasteiger partial charge in [-0.25, -0.2) is 4.79 Å². The number of carbonyl (C=O) groups is 2. The van der Waals surface area contributed by atoms with E-state index in [1.54, 1.807) is 24.4 Å². The number of nitrogens with one attached hydrogen (secondary N) is 1. The van der Waals surface area contributed by atoms with Crippen LogP contribution in [0.2, 0.25) is 0 Å². The Morgan fingerprint density at radius 2 is 1.97 bits per heavy atom. The summed E-state index contributed by atoms with van der Waals surface area (Å²) in [6, 6.07) is 8.57. The number of ketones is 1. The first-order valence-corrected chi connectivity index (χ1v) is 10.3. The van der Waals surface area contributed by atoms with E-state index in [0.29, 0.717) is 55.3 Å². The van der Waals surface area contributed by atoms with Crippen molar-refractivity contribution < 1.29 is 24.5 Å². The molecule has 0 aliphatic carbocycles. The van der Waals surface area contributed by atoms with Crippen molar-refractivity contribution in [1.29, 1.82) is 0 Å². The maximum absolute atomic E-state index is 13.0. The number of hydrogen-bond donors (Lipinski definition) is 4. The summed E-state index contributed by atoms with van der Waals surface area (Å²) >= 11 is 0. The normalized spacial score (nSPS) is 17.7. The van der Waals surface area contributed by atoms with Gasteiger partial charge in [0, 0.05) is 61.1 Å². The third-order valence-corrected chi connectivity index (χ3v) is 5.97. The molecule has 3 aromatic rings. The number of allylic oxidation sites excluding steroid dienone is 1. The van der Waals surface area contributed by atoms with Crippen LogP contribution in [0.1, 0.15) is 21.5 Å². The van der Waals surface area contributed by atoms with E-state index in [-0.39, 0.29) is 17.3 Å². The van der Waals surface area contributed by atoms with Gasteiger partial charge >= 0.3 is 6.09 Å². The van der Waals surface area contributed by atoms with Gasteiger partial charge in [-0.05, 0) is 30.3 Å². The van der Waals surface area contributed by atoms with Crippen LogP contribution in [-0.2, 0) is 6.54 Å². The highest BCUT2D eigenvalue weighted by molar-refractivity contribution is 6.15. The number of ether oxygens (including phenoxy) is 1. The Balaban J connectivity index is 1.42. The number of nitrogens with zero attached hydrogens (tertiary/aromatic N) is 2. The van der Waals surface area contributed by atoms with E-state index >= 15 is 0 Å². The van der Waals surface area contributed by atoms with E-state index in [1.807, 2.05) is 17.0 Å². The summed E-state index contributed by atoms with van der Waals surface area (Å²) in [5.74, 6) is 0.328. The topological polar surface area (TPSA) is 132 Å². The molecule has 0 radical (unpaired) electrons. The van der Waals surface area contributed by atoms with Crippen LogP contribution in [-0.4, -0.2) is 63.1 Å². The fourth-order valence-electron chi connectivity index (χ4n) is 4.20. The van der Waals surface area contributed by atoms with Crippen LogP contribution in [0.5, 0.6) is 11.5 Å². The van der Waals surface area contributed by atoms with Crippen LogP contribution < -0.4 is 10.5 Å². The summed E-state index contributed by atoms with van der Waals surface area (Å²) in [7, 11) is 0. The smallest absolute Gasteiger partial charge is 0.407 e. The van der Waals surface area contributed by atoms with Crippen LogP contribution in [0.4, 0.5) is 10.5 Å². The van der Waals surface area contributed by atoms with Crippen molar-refractivity contribution in [1.82, 2.24) is 14.8 Å². The number of fused-ring (bicyclic) bond motifs is 2. The van der Waals surface area contributed by atoms with Crippen LogP contribution in [0, 0.1) is 0 Å². The van der Waals surface area contributed by atoms with Crippen molar-refractivity contribution in [3.05, 3.63) is 59.0 Å². The average molecular weight is 434 g/mol. The highest BCUT2D eigenvalue weighted by Gasteiger charge is 2.32. The van der Waals surface area contributed by atoms with Gasteiger partial charge in [0.25, 0.3) is 0 Å². The lowest BCUT2D eigenvalue weighted by Crippen LogP contribution is -2.47. The van der Waals surface area contributed by atoms with Crippen molar-refractivity contribution in [2.45, 2.75) is 6.54 Å². The van der Waals surface area contributed by atoms with Crippen molar-refractivity contribution in [3.8, 4) is 11.5 Å². The summed E-state index contributed by atoms with van der Waals surface area (Å²) in [6.45, 7) is 2.20. The van der Waals surface area contributed by atoms with E-state index in [2.05, 4.69) is 4.98 Å². The number of H-pyrrole nitrogens is 1. The molecule has 0 bridgehead atoms. The Morgan fingerprint density at radius 1 is 1.19 bits per heavy atom. The van der Waals surface area contributed by atoms with E-state index in [9.17, 15) is 14.7 Å². The molecule has 2 aliphatic heterocycles. The largest absolute Gasteiger partial charge is 0.507 e. The number of carboxylic acid groups (broad SMARTS) is 1. The predicted octanol–water partition coefficient (Wildman–Crippen LogP) is 2.87. The number of aromatic nitrogens is 1. The number of nitrogen functional groups attached to an aromatic ring is 1. The number of anilines is 1. The molecule has 1 saturated heterocycles. The molecule has 3 heterocycles. The first-order chi connectivity index (χ1) is 15.4. The van der Waals surface area contributed by atoms with E-state index in [1.165, 1.54) is 11.0 Å². The van der Waals surface area contributed by atoms with Crippen molar-refractivity contribution in [2.24, 2.45) is 0 Å². The molecular formula is C23H22N4O5. The standard InChI is InChI=1S/C23H22N4O5/c24-14-1-2-15-13(11-25-18(15)10-14)9-20-21(29)16-3-4-19(28)17(22(16)32-20)12-26-5-7-27(8-6-26)23(30)31/h1-4,9-11,25,28H,5-8,12,24H2,(H,30,31). The Hall–Kier alpha value is -3.98. The number of aromatic hydroxyl groups is 1. The molecule has 0 unspecified atom stereocenters. The molecule has 1 fully saturated rings. The molecule has 0 spiro atoms. The van der Waals surface area contributed by atoms with Crippen LogP contribution in [0.15, 0.2) is 42.3 Å². The maximum atomic E-state index is 13.0. The number of carbonyl (C=O) groups excluding carboxylic acids is 1. The molecule has 32 heavy (non-hydrogen) atoms. The van der Waals surface area contributed by atoms with Crippen molar-refractivity contribution >= 4 is 34.5 Å². The van der Waals surface area contributed by atoms with Crippen molar-refractivity contribution in [2.75, 3.05) is 31.9 Å². The Labute approximate surface area is 183 Å². The highest BCUT2D eigenvalue weighted by Crippen LogP contribution is 2.40. The molecule has 9 nitrogen and oxygen atoms in total. The molecule has 0 atom stereocenters. The lowest BCUT2D eigenvalue weighted by molar-refractivity contribution is 0.101. The zero-order valence-electron chi connectivity index (χ0n) is 17.2. The molecule has 0 saturated carbocycles. The first kappa shape index (κ1) is 20.0. The number of amides is 1. The molecular weight excluding hydrogens is 412 g/mol. The molecule has 9 heteroatoms. The number of Topliss-reactive ketones (excluding diaryl/α,β-unsaturated/α-hetero) is 1. The van der Waals surface area contributed by atoms with Crippen molar-refractivity contribution in [3.63, 3.8) is 0 Å². The van der Waals surface area contributed by atoms with E-state index in [4.69, 9.17) is 15.6 Å². The minimum Gasteiger partial charge on any atom is -0.507 e. The van der Waals surface area contributed by atoms with E-state index in [0.717, 1.165) is 16.5 Å². The van der Waals surface area contributed by atoms with Gasteiger partial charge in [-0.3, -0.25) is 9.69 Å². The second kappa shape index (κ2) is 7.61. The summed E-state index contributed by atoms with van der Waals surface area (Å²) in [5.41, 5.74) is 9.06. The Morgan fingerprint density at radius 3 is 2.72 bits per heavy atom. The molecule has 5 rings (SSSR count). The van der Waals surface area contributed by atoms with Gasteiger partial charge in [0.1, 0.15) is 11.5 Å². The first-order valence-electron chi connectivity index (χ1n) is 10.3. The predicted molar refractivity (Wildman–Crippen MR) is 119 cm³/mol. The molecule has 1 amide bonds. The maximum Gasteiger partial charge on any atom is 0.407 e. The molecule has 2 aromatic carbocycles. The zero-order chi connectivity index (χ0) is 22.4. The quantitative estimate of drug-likeness (QED) is 0.368. The highest BCUT2D eigenvalue weighted by atomic mass is 16.5. The second-order valence-corrected chi connectivity index (χ2v) is 7.97. The summed E-state index contributed by atoms with van der Waals surface area (Å²) in [5, 5.41) is 20.5. The number of phenols is 1. The van der Waals surface area contributed by atoms with Crippen LogP contribution in [0.25, 0.3) is 17.0 Å². The van der Waals surface area contributed by atoms with Crippen LogP contribution in [0.3, 0.4) is 0 Å². The fourth-order valence-corrected chi connectivity index (χ4v) is 4.20. The van der Waals surface area contributed by atoms with Gasteiger partial charge in [-0.1, -0.05) is 6.07 Å². The fraction of sp³-hybridized carbons (Fsp3) is 0.217. The van der Waals surface area contributed by atoms with E-state index < -0.39 is 6.09 Å². The second-order valence-electron chi connectivity index (χ2n) is 7.97. The molecule has 1 aromatic heterocycles. The van der Waals surface area contributed by atoms with Crippen LogP contribution >= 0.6 is 0 Å².